The van der Waals surface area contributed by atoms with Crippen LogP contribution in [-0.4, -0.2) is 12.8 Å². The van der Waals surface area contributed by atoms with Crippen LogP contribution in [0.5, 0.6) is 0 Å². The van der Waals surface area contributed by atoms with Crippen molar-refractivity contribution < 1.29 is 8.83 Å². The molecule has 2 atom stereocenters. The molecule has 5 aliphatic rings. The van der Waals surface area contributed by atoms with Crippen LogP contribution in [0.2, 0.25) is 5.82 Å². The summed E-state index contributed by atoms with van der Waals surface area (Å²) in [6.07, 6.45) is 18.7. The van der Waals surface area contributed by atoms with E-state index in [1.165, 1.54) is 99.2 Å². The molecule has 2 unspecified atom stereocenters. The van der Waals surface area contributed by atoms with Crippen LogP contribution >= 0.6 is 0 Å². The second kappa shape index (κ2) is 13.9. The Kier molecular flexibility index (Phi) is 9.24. The average Bonchev–Trinajstić information content (AvgIpc) is 3.78. The molecule has 61 heavy (non-hydrogen) atoms. The first-order chi connectivity index (χ1) is 28.8. The maximum absolute atomic E-state index is 7.35. The van der Waals surface area contributed by atoms with Crippen molar-refractivity contribution in [1.82, 2.24) is 0 Å². The minimum atomic E-state index is -0.104. The Morgan fingerprint density at radius 1 is 0.590 bits per heavy atom. The first kappa shape index (κ1) is 40.4. The number of hydrogen-bond donors (Lipinski definition) is 0. The molecular formula is C56H67BN2O2. The van der Waals surface area contributed by atoms with Gasteiger partial charge in [0.05, 0.1) is 28.7 Å². The van der Waals surface area contributed by atoms with E-state index in [1.807, 2.05) is 0 Å². The van der Waals surface area contributed by atoms with Gasteiger partial charge in [0.15, 0.2) is 0 Å². The van der Waals surface area contributed by atoms with Crippen molar-refractivity contribution >= 4 is 57.0 Å². The van der Waals surface area contributed by atoms with Crippen molar-refractivity contribution in [3.8, 4) is 0 Å². The number of rotatable bonds is 3. The van der Waals surface area contributed by atoms with Gasteiger partial charge in [-0.1, -0.05) is 144 Å². The van der Waals surface area contributed by atoms with Gasteiger partial charge in [-0.25, -0.2) is 0 Å². The summed E-state index contributed by atoms with van der Waals surface area (Å²) < 4.78 is 14.7. The molecule has 3 aliphatic carbocycles. The van der Waals surface area contributed by atoms with Gasteiger partial charge in [-0.2, -0.15) is 0 Å². The summed E-state index contributed by atoms with van der Waals surface area (Å²) in [5.41, 5.74) is 17.5. The van der Waals surface area contributed by atoms with E-state index in [0.717, 1.165) is 35.3 Å². The lowest BCUT2D eigenvalue weighted by atomic mass is 9.32. The smallest absolute Gasteiger partial charge is 0.318 e. The third-order valence-corrected chi connectivity index (χ3v) is 14.9. The molecular weight excluding hydrogens is 743 g/mol. The van der Waals surface area contributed by atoms with Gasteiger partial charge >= 0.3 is 6.71 Å². The molecule has 1 saturated carbocycles. The molecule has 10 rings (SSSR count). The summed E-state index contributed by atoms with van der Waals surface area (Å²) in [5, 5.41) is 2.39. The maximum Gasteiger partial charge on any atom is 0.318 e. The average molecular weight is 811 g/mol. The Bertz CT molecular complexity index is 2680. The van der Waals surface area contributed by atoms with E-state index < -0.39 is 0 Å². The Hall–Kier alpha value is -4.64. The predicted octanol–water partition coefficient (Wildman–Crippen LogP) is 14.4. The summed E-state index contributed by atoms with van der Waals surface area (Å²) in [5.74, 6) is 0.610. The Morgan fingerprint density at radius 3 is 1.69 bits per heavy atom. The number of benzene rings is 3. The number of furan rings is 2. The van der Waals surface area contributed by atoms with Gasteiger partial charge in [0.25, 0.3) is 0 Å². The second-order valence-electron chi connectivity index (χ2n) is 23.2. The van der Waals surface area contributed by atoms with E-state index in [4.69, 9.17) is 8.83 Å². The maximum atomic E-state index is 7.35. The van der Waals surface area contributed by atoms with E-state index >= 15 is 0 Å². The third-order valence-electron chi connectivity index (χ3n) is 14.9. The Labute approximate surface area is 365 Å². The standard InChI is InChI=1S/C56H67BN2O2/c1-53(2,3)36-18-24-40(25-19-36)58-44-30-35(34-16-14-13-15-17-34)31-45-48(44)57(51-49(58)42-32-38(55(7,8)9)22-28-46(42)60-51)52-50(43-33-39(56(10,11)12)23-29-47(43)61-52)59(45)41-26-20-37(21-27-41)54(4,5)6/h18-20,22-26,28-34,45,48H,13-17,21,27H2,1-12H3. The first-order valence-electron chi connectivity index (χ1n) is 23.4. The summed E-state index contributed by atoms with van der Waals surface area (Å²) >= 11 is 0. The van der Waals surface area contributed by atoms with Crippen LogP contribution in [-0.2, 0) is 16.2 Å². The minimum Gasteiger partial charge on any atom is -0.468 e. The molecule has 316 valence electrons. The number of allylic oxidation sites excluding steroid dienone is 6. The van der Waals surface area contributed by atoms with Crippen molar-refractivity contribution in [3.05, 3.63) is 124 Å². The van der Waals surface area contributed by atoms with Crippen LogP contribution in [0.3, 0.4) is 0 Å². The Balaban J connectivity index is 1.31. The molecule has 0 saturated heterocycles. The topological polar surface area (TPSA) is 32.8 Å². The lowest BCUT2D eigenvalue weighted by Crippen LogP contribution is -2.63. The van der Waals surface area contributed by atoms with Crippen LogP contribution in [0.15, 0.2) is 116 Å². The summed E-state index contributed by atoms with van der Waals surface area (Å²) in [7, 11) is 0. The zero-order valence-corrected chi connectivity index (χ0v) is 39.1. The lowest BCUT2D eigenvalue weighted by Gasteiger charge is -2.51. The highest BCUT2D eigenvalue weighted by molar-refractivity contribution is 6.89. The zero-order valence-electron chi connectivity index (χ0n) is 39.1. The van der Waals surface area contributed by atoms with Crippen LogP contribution in [0, 0.1) is 11.3 Å². The van der Waals surface area contributed by atoms with Crippen molar-refractivity contribution in [1.29, 1.82) is 0 Å². The summed E-state index contributed by atoms with van der Waals surface area (Å²) in [6, 6.07) is 23.4. The van der Waals surface area contributed by atoms with Gasteiger partial charge in [-0.15, -0.1) is 0 Å². The highest BCUT2D eigenvalue weighted by atomic mass is 16.3. The van der Waals surface area contributed by atoms with E-state index in [-0.39, 0.29) is 40.2 Å². The minimum absolute atomic E-state index is 0.00578. The third kappa shape index (κ3) is 6.70. The molecule has 5 heteroatoms. The van der Waals surface area contributed by atoms with Crippen molar-refractivity contribution in [2.24, 2.45) is 11.3 Å². The predicted molar refractivity (Wildman–Crippen MR) is 260 cm³/mol. The highest BCUT2D eigenvalue weighted by Gasteiger charge is 2.58. The molecule has 2 aliphatic heterocycles. The van der Waals surface area contributed by atoms with Crippen molar-refractivity contribution in [2.45, 2.75) is 156 Å². The SMILES string of the molecule is CC(C)(C)C1=CC=C(N2c3c(oc4ccc(C(C)(C)C)cc34)B3c4oc5ccc(C(C)(C)C)cc5c4N(c4ccc(C(C)(C)C)cc4)C4=CC(C5CCCCC5)=CC2C34)CC1. The van der Waals surface area contributed by atoms with Crippen LogP contribution in [0.4, 0.5) is 17.1 Å². The van der Waals surface area contributed by atoms with E-state index in [0.29, 0.717) is 5.92 Å². The summed E-state index contributed by atoms with van der Waals surface area (Å²) in [4.78, 5) is 5.38. The fraction of sp³-hybridized carbons (Fsp3) is 0.464. The van der Waals surface area contributed by atoms with Crippen LogP contribution in [0.1, 0.15) is 145 Å². The number of nitrogens with zero attached hydrogens (tertiary/aromatic N) is 2. The molecule has 0 bridgehead atoms. The molecule has 2 aromatic heterocycles. The second-order valence-corrected chi connectivity index (χ2v) is 23.2. The highest BCUT2D eigenvalue weighted by Crippen LogP contribution is 2.55. The molecule has 0 spiro atoms. The van der Waals surface area contributed by atoms with Gasteiger partial charge in [0, 0.05) is 33.7 Å². The van der Waals surface area contributed by atoms with E-state index in [1.54, 1.807) is 0 Å². The van der Waals surface area contributed by atoms with E-state index in [9.17, 15) is 0 Å². The fourth-order valence-electron chi connectivity index (χ4n) is 11.2. The molecule has 4 heterocycles. The monoisotopic (exact) mass is 811 g/mol. The molecule has 0 N–H and O–H groups in total. The molecule has 1 fully saturated rings. The summed E-state index contributed by atoms with van der Waals surface area (Å²) in [6.45, 7) is 27.8. The molecule has 3 aromatic carbocycles. The van der Waals surface area contributed by atoms with Gasteiger partial charge in [0.1, 0.15) is 11.2 Å². The molecule has 4 nitrogen and oxygen atoms in total. The van der Waals surface area contributed by atoms with E-state index in [2.05, 4.69) is 178 Å². The lowest BCUT2D eigenvalue weighted by molar-refractivity contribution is 0.404. The molecule has 0 amide bonds. The number of fused-ring (bicyclic) bond motifs is 8. The largest absolute Gasteiger partial charge is 0.468 e. The van der Waals surface area contributed by atoms with Gasteiger partial charge in [-0.3, -0.25) is 0 Å². The fourth-order valence-corrected chi connectivity index (χ4v) is 11.2. The van der Waals surface area contributed by atoms with Gasteiger partial charge < -0.3 is 18.6 Å². The number of anilines is 3. The van der Waals surface area contributed by atoms with Crippen molar-refractivity contribution in [2.75, 3.05) is 9.80 Å². The normalized spacial score (nSPS) is 21.2. The van der Waals surface area contributed by atoms with Gasteiger partial charge in [0.2, 0.25) is 0 Å². The Morgan fingerprint density at radius 2 is 1.15 bits per heavy atom. The first-order valence-corrected chi connectivity index (χ1v) is 23.4. The van der Waals surface area contributed by atoms with Crippen molar-refractivity contribution in [3.63, 3.8) is 0 Å². The van der Waals surface area contributed by atoms with Crippen LogP contribution in [0.25, 0.3) is 21.9 Å². The zero-order chi connectivity index (χ0) is 43.0. The molecule has 0 radical (unpaired) electrons. The number of hydrogen-bond acceptors (Lipinski definition) is 4. The quantitative estimate of drug-likeness (QED) is 0.170. The van der Waals surface area contributed by atoms with Gasteiger partial charge in [-0.05, 0) is 124 Å². The molecule has 5 aromatic rings. The van der Waals surface area contributed by atoms with Crippen LogP contribution < -0.4 is 21.1 Å².